The molecule has 0 spiro atoms. The van der Waals surface area contributed by atoms with Crippen LogP contribution in [0.1, 0.15) is 30.9 Å². The lowest BCUT2D eigenvalue weighted by Crippen LogP contribution is -2.45. The van der Waals surface area contributed by atoms with Gasteiger partial charge in [-0.3, -0.25) is 0 Å². The van der Waals surface area contributed by atoms with E-state index in [0.29, 0.717) is 12.2 Å². The zero-order chi connectivity index (χ0) is 14.2. The van der Waals surface area contributed by atoms with E-state index in [2.05, 4.69) is 0 Å². The number of nitrogens with zero attached hydrogens (tertiary/aromatic N) is 1. The van der Waals surface area contributed by atoms with E-state index in [9.17, 15) is 13.2 Å². The van der Waals surface area contributed by atoms with E-state index in [0.717, 1.165) is 12.8 Å². The second kappa shape index (κ2) is 5.04. The summed E-state index contributed by atoms with van der Waals surface area (Å²) in [5, 5.41) is 0. The Morgan fingerprint density at radius 2 is 2.00 bits per heavy atom. The number of aryl methyl sites for hydroxylation is 1. The van der Waals surface area contributed by atoms with Crippen molar-refractivity contribution in [2.75, 3.05) is 11.4 Å². The van der Waals surface area contributed by atoms with Gasteiger partial charge in [0.2, 0.25) is 0 Å². The Labute approximate surface area is 111 Å². The number of piperidine rings is 1. The highest BCUT2D eigenvalue weighted by atomic mass is 19.4. The van der Waals surface area contributed by atoms with Crippen LogP contribution < -0.4 is 10.6 Å². The van der Waals surface area contributed by atoms with E-state index in [1.807, 2.05) is 11.8 Å². The molecule has 106 valence electrons. The summed E-state index contributed by atoms with van der Waals surface area (Å²) >= 11 is 0. The Balaban J connectivity index is 2.31. The molecular weight excluding hydrogens is 253 g/mol. The van der Waals surface area contributed by atoms with Crippen LogP contribution >= 0.6 is 0 Å². The van der Waals surface area contributed by atoms with Crippen LogP contribution in [0.3, 0.4) is 0 Å². The lowest BCUT2D eigenvalue weighted by molar-refractivity contribution is -0.138. The summed E-state index contributed by atoms with van der Waals surface area (Å²) in [5.41, 5.74) is 6.23. The second-order valence-electron chi connectivity index (χ2n) is 5.32. The first-order chi connectivity index (χ1) is 8.79. The highest BCUT2D eigenvalue weighted by molar-refractivity contribution is 5.52. The zero-order valence-electron chi connectivity index (χ0n) is 11.2. The Kier molecular flexibility index (Phi) is 3.76. The van der Waals surface area contributed by atoms with Crippen molar-refractivity contribution in [2.45, 2.75) is 44.9 Å². The van der Waals surface area contributed by atoms with E-state index >= 15 is 0 Å². The van der Waals surface area contributed by atoms with Gasteiger partial charge in [0, 0.05) is 24.3 Å². The van der Waals surface area contributed by atoms with Gasteiger partial charge in [0.25, 0.3) is 0 Å². The molecule has 5 heteroatoms. The molecule has 1 fully saturated rings. The first-order valence-corrected chi connectivity index (χ1v) is 6.49. The smallest absolute Gasteiger partial charge is 0.369 e. The Morgan fingerprint density at radius 1 is 1.32 bits per heavy atom. The summed E-state index contributed by atoms with van der Waals surface area (Å²) in [7, 11) is 0. The Hall–Kier alpha value is -1.23. The Morgan fingerprint density at radius 3 is 2.58 bits per heavy atom. The highest BCUT2D eigenvalue weighted by Gasteiger charge is 2.33. The van der Waals surface area contributed by atoms with Crippen molar-refractivity contribution in [3.63, 3.8) is 0 Å². The molecule has 2 unspecified atom stereocenters. The molecule has 2 atom stereocenters. The number of rotatable bonds is 1. The van der Waals surface area contributed by atoms with Crippen molar-refractivity contribution in [2.24, 2.45) is 5.73 Å². The van der Waals surface area contributed by atoms with Gasteiger partial charge in [0.15, 0.2) is 0 Å². The molecule has 0 saturated carbocycles. The lowest BCUT2D eigenvalue weighted by atomic mass is 9.97. The molecule has 2 rings (SSSR count). The van der Waals surface area contributed by atoms with Crippen molar-refractivity contribution in [1.82, 2.24) is 0 Å². The third kappa shape index (κ3) is 3.03. The average Bonchev–Trinajstić information content (AvgIpc) is 2.29. The van der Waals surface area contributed by atoms with Crippen LogP contribution in [0.5, 0.6) is 0 Å². The summed E-state index contributed by atoms with van der Waals surface area (Å²) < 4.78 is 38.7. The van der Waals surface area contributed by atoms with E-state index in [-0.39, 0.29) is 17.6 Å². The molecule has 2 N–H and O–H groups in total. The van der Waals surface area contributed by atoms with Gasteiger partial charge in [0.1, 0.15) is 0 Å². The predicted molar refractivity (Wildman–Crippen MR) is 70.2 cm³/mol. The number of benzene rings is 1. The van der Waals surface area contributed by atoms with Crippen LogP contribution in [0, 0.1) is 6.92 Å². The SMILES string of the molecule is Cc1ccc(N2CCC(N)CC2C)cc1C(F)(F)F. The van der Waals surface area contributed by atoms with Crippen molar-refractivity contribution in [3.05, 3.63) is 29.3 Å². The van der Waals surface area contributed by atoms with Gasteiger partial charge in [-0.2, -0.15) is 13.2 Å². The third-order valence-electron chi connectivity index (χ3n) is 3.77. The molecule has 1 aromatic carbocycles. The van der Waals surface area contributed by atoms with Gasteiger partial charge >= 0.3 is 6.18 Å². The number of halogens is 3. The molecule has 1 saturated heterocycles. The maximum absolute atomic E-state index is 12.9. The average molecular weight is 272 g/mol. The van der Waals surface area contributed by atoms with E-state index in [1.165, 1.54) is 13.0 Å². The molecule has 0 aliphatic carbocycles. The van der Waals surface area contributed by atoms with E-state index in [1.54, 1.807) is 12.1 Å². The molecule has 19 heavy (non-hydrogen) atoms. The van der Waals surface area contributed by atoms with Crippen LogP contribution in [0.2, 0.25) is 0 Å². The molecule has 0 radical (unpaired) electrons. The third-order valence-corrected chi connectivity index (χ3v) is 3.77. The minimum absolute atomic E-state index is 0.152. The summed E-state index contributed by atoms with van der Waals surface area (Å²) in [6.07, 6.45) is -2.66. The quantitative estimate of drug-likeness (QED) is 0.849. The van der Waals surface area contributed by atoms with Gasteiger partial charge in [0.05, 0.1) is 5.56 Å². The summed E-state index contributed by atoms with van der Waals surface area (Å²) in [6, 6.07) is 4.88. The maximum atomic E-state index is 12.9. The minimum Gasteiger partial charge on any atom is -0.369 e. The van der Waals surface area contributed by atoms with Gasteiger partial charge in [-0.15, -0.1) is 0 Å². The number of hydrogen-bond donors (Lipinski definition) is 1. The number of alkyl halides is 3. The maximum Gasteiger partial charge on any atom is 0.416 e. The fraction of sp³-hybridized carbons (Fsp3) is 0.571. The van der Waals surface area contributed by atoms with Crippen LogP contribution in [0.15, 0.2) is 18.2 Å². The standard InChI is InChI=1S/C14H19F3N2/c1-9-3-4-12(8-13(9)14(15,16)17)19-6-5-11(18)7-10(19)2/h3-4,8,10-11H,5-7,18H2,1-2H3. The molecule has 1 aliphatic rings. The molecule has 1 aromatic rings. The van der Waals surface area contributed by atoms with Crippen molar-refractivity contribution < 1.29 is 13.2 Å². The summed E-state index contributed by atoms with van der Waals surface area (Å²) in [4.78, 5) is 2.01. The van der Waals surface area contributed by atoms with Crippen molar-refractivity contribution >= 4 is 5.69 Å². The zero-order valence-corrected chi connectivity index (χ0v) is 11.2. The topological polar surface area (TPSA) is 29.3 Å². The summed E-state index contributed by atoms with van der Waals surface area (Å²) in [5.74, 6) is 0. The second-order valence-corrected chi connectivity index (χ2v) is 5.32. The number of nitrogens with two attached hydrogens (primary N) is 1. The van der Waals surface area contributed by atoms with Crippen LogP contribution in [0.25, 0.3) is 0 Å². The van der Waals surface area contributed by atoms with E-state index in [4.69, 9.17) is 5.73 Å². The number of hydrogen-bond acceptors (Lipinski definition) is 2. The largest absolute Gasteiger partial charge is 0.416 e. The van der Waals surface area contributed by atoms with Gasteiger partial charge in [-0.05, 0) is 44.4 Å². The van der Waals surface area contributed by atoms with Gasteiger partial charge in [-0.1, -0.05) is 6.07 Å². The lowest BCUT2D eigenvalue weighted by Gasteiger charge is -2.38. The molecular formula is C14H19F3N2. The van der Waals surface area contributed by atoms with E-state index < -0.39 is 11.7 Å². The number of anilines is 1. The molecule has 0 bridgehead atoms. The fourth-order valence-corrected chi connectivity index (χ4v) is 2.69. The monoisotopic (exact) mass is 272 g/mol. The predicted octanol–water partition coefficient (Wildman–Crippen LogP) is 3.33. The van der Waals surface area contributed by atoms with Crippen molar-refractivity contribution in [3.8, 4) is 0 Å². The normalized spacial score (nSPS) is 24.6. The Bertz CT molecular complexity index is 456. The first-order valence-electron chi connectivity index (χ1n) is 6.49. The van der Waals surface area contributed by atoms with Crippen molar-refractivity contribution in [1.29, 1.82) is 0 Å². The van der Waals surface area contributed by atoms with Crippen LogP contribution in [0.4, 0.5) is 18.9 Å². The molecule has 2 nitrogen and oxygen atoms in total. The molecule has 1 heterocycles. The molecule has 0 amide bonds. The molecule has 0 aromatic heterocycles. The fourth-order valence-electron chi connectivity index (χ4n) is 2.69. The van der Waals surface area contributed by atoms with Gasteiger partial charge < -0.3 is 10.6 Å². The highest BCUT2D eigenvalue weighted by Crippen LogP contribution is 2.35. The summed E-state index contributed by atoms with van der Waals surface area (Å²) in [6.45, 7) is 4.21. The van der Waals surface area contributed by atoms with Crippen LogP contribution in [-0.2, 0) is 6.18 Å². The first kappa shape index (κ1) is 14.2. The van der Waals surface area contributed by atoms with Crippen LogP contribution in [-0.4, -0.2) is 18.6 Å². The molecule has 1 aliphatic heterocycles. The minimum atomic E-state index is -4.30. The van der Waals surface area contributed by atoms with Gasteiger partial charge in [-0.25, -0.2) is 0 Å².